The number of esters is 1. The average molecular weight is 222 g/mol. The Labute approximate surface area is 90.9 Å². The number of carbonyl (C=O) groups is 1. The highest BCUT2D eigenvalue weighted by Crippen LogP contribution is 2.21. The van der Waals surface area contributed by atoms with E-state index in [1.54, 1.807) is 0 Å². The van der Waals surface area contributed by atoms with E-state index in [0.717, 1.165) is 16.4 Å². The molecular formula is C10H10N2O2S. The Bertz CT molecular complexity index is 448. The second-order valence-electron chi connectivity index (χ2n) is 2.98. The van der Waals surface area contributed by atoms with E-state index in [2.05, 4.69) is 14.7 Å². The van der Waals surface area contributed by atoms with Crippen LogP contribution in [0, 0.1) is 0 Å². The first-order valence-electron chi connectivity index (χ1n) is 4.44. The van der Waals surface area contributed by atoms with E-state index in [1.807, 2.05) is 23.7 Å². The summed E-state index contributed by atoms with van der Waals surface area (Å²) in [5, 5.41) is 2.76. The molecule has 0 radical (unpaired) electrons. The minimum Gasteiger partial charge on any atom is -0.469 e. The Kier molecular flexibility index (Phi) is 2.82. The van der Waals surface area contributed by atoms with Gasteiger partial charge >= 0.3 is 5.97 Å². The second-order valence-corrected chi connectivity index (χ2v) is 3.84. The monoisotopic (exact) mass is 222 g/mol. The maximum Gasteiger partial charge on any atom is 0.311 e. The molecule has 0 saturated carbocycles. The zero-order chi connectivity index (χ0) is 10.7. The molecule has 2 aromatic rings. The molecular weight excluding hydrogens is 212 g/mol. The molecule has 15 heavy (non-hydrogen) atoms. The van der Waals surface area contributed by atoms with Crippen LogP contribution >= 0.6 is 11.3 Å². The van der Waals surface area contributed by atoms with Gasteiger partial charge in [0.1, 0.15) is 5.01 Å². The Balaban J connectivity index is 2.14. The van der Waals surface area contributed by atoms with E-state index in [1.165, 1.54) is 18.4 Å². The van der Waals surface area contributed by atoms with Crippen LogP contribution in [0.5, 0.6) is 0 Å². The summed E-state index contributed by atoms with van der Waals surface area (Å²) in [6, 6.07) is 3.86. The summed E-state index contributed by atoms with van der Waals surface area (Å²) in [6.07, 6.45) is 2.07. The van der Waals surface area contributed by atoms with E-state index in [4.69, 9.17) is 0 Å². The third-order valence-electron chi connectivity index (χ3n) is 1.93. The lowest BCUT2D eigenvalue weighted by atomic mass is 10.3. The molecule has 4 nitrogen and oxygen atoms in total. The largest absolute Gasteiger partial charge is 0.469 e. The highest BCUT2D eigenvalue weighted by atomic mass is 32.1. The van der Waals surface area contributed by atoms with Gasteiger partial charge in [-0.1, -0.05) is 0 Å². The number of nitrogens with zero attached hydrogens (tertiary/aromatic N) is 1. The van der Waals surface area contributed by atoms with Crippen LogP contribution in [0.1, 0.15) is 5.69 Å². The number of methoxy groups -OCH3 is 1. The molecule has 2 aromatic heterocycles. The van der Waals surface area contributed by atoms with Crippen LogP contribution in [0.15, 0.2) is 23.7 Å². The first-order chi connectivity index (χ1) is 7.29. The molecule has 0 aliphatic carbocycles. The summed E-state index contributed by atoms with van der Waals surface area (Å²) in [5.41, 5.74) is 1.72. The number of aromatic amines is 1. The van der Waals surface area contributed by atoms with Gasteiger partial charge in [-0.2, -0.15) is 0 Å². The van der Waals surface area contributed by atoms with Crippen molar-refractivity contribution in [3.05, 3.63) is 29.4 Å². The molecule has 1 N–H and O–H groups in total. The highest BCUT2D eigenvalue weighted by molar-refractivity contribution is 7.13. The van der Waals surface area contributed by atoms with Crippen LogP contribution in [-0.2, 0) is 16.0 Å². The van der Waals surface area contributed by atoms with Gasteiger partial charge in [0, 0.05) is 11.6 Å². The fraction of sp³-hybridized carbons (Fsp3) is 0.200. The second kappa shape index (κ2) is 4.27. The van der Waals surface area contributed by atoms with Crippen LogP contribution in [0.2, 0.25) is 0 Å². The number of rotatable bonds is 3. The molecule has 0 aliphatic rings. The Morgan fingerprint density at radius 2 is 2.53 bits per heavy atom. The summed E-state index contributed by atoms with van der Waals surface area (Å²) in [6.45, 7) is 0. The number of H-pyrrole nitrogens is 1. The number of carbonyl (C=O) groups excluding carboxylic acids is 1. The van der Waals surface area contributed by atoms with Crippen molar-refractivity contribution in [1.29, 1.82) is 0 Å². The topological polar surface area (TPSA) is 55.0 Å². The van der Waals surface area contributed by atoms with E-state index < -0.39 is 0 Å². The number of aromatic nitrogens is 2. The van der Waals surface area contributed by atoms with Crippen LogP contribution in [0.3, 0.4) is 0 Å². The van der Waals surface area contributed by atoms with Gasteiger partial charge in [-0.3, -0.25) is 4.79 Å². The summed E-state index contributed by atoms with van der Waals surface area (Å²) < 4.78 is 4.57. The van der Waals surface area contributed by atoms with Crippen LogP contribution in [-0.4, -0.2) is 23.0 Å². The molecule has 0 spiro atoms. The summed E-state index contributed by atoms with van der Waals surface area (Å²) in [7, 11) is 1.38. The van der Waals surface area contributed by atoms with Gasteiger partial charge < -0.3 is 9.72 Å². The molecule has 5 heteroatoms. The Hall–Kier alpha value is -1.62. The number of thiazole rings is 1. The number of ether oxygens (including phenoxy) is 1. The van der Waals surface area contributed by atoms with Gasteiger partial charge in [0.25, 0.3) is 0 Å². The summed E-state index contributed by atoms with van der Waals surface area (Å²) in [4.78, 5) is 18.4. The van der Waals surface area contributed by atoms with Gasteiger partial charge in [0.05, 0.1) is 24.9 Å². The quantitative estimate of drug-likeness (QED) is 0.806. The number of hydrogen-bond donors (Lipinski definition) is 1. The SMILES string of the molecule is COC(=O)Cc1csc(-c2ccc[nH]2)n1. The summed E-state index contributed by atoms with van der Waals surface area (Å²) >= 11 is 1.51. The van der Waals surface area contributed by atoms with Crippen LogP contribution < -0.4 is 0 Å². The van der Waals surface area contributed by atoms with Crippen molar-refractivity contribution >= 4 is 17.3 Å². The first kappa shape index (κ1) is 9.92. The zero-order valence-corrected chi connectivity index (χ0v) is 9.00. The zero-order valence-electron chi connectivity index (χ0n) is 8.19. The molecule has 0 aliphatic heterocycles. The van der Waals surface area contributed by atoms with Crippen LogP contribution in [0.25, 0.3) is 10.7 Å². The van der Waals surface area contributed by atoms with Gasteiger partial charge in [0.15, 0.2) is 0 Å². The van der Waals surface area contributed by atoms with Crippen molar-refractivity contribution in [3.8, 4) is 10.7 Å². The average Bonchev–Trinajstić information content (AvgIpc) is 2.85. The molecule has 0 atom stereocenters. The third-order valence-corrected chi connectivity index (χ3v) is 2.86. The predicted octanol–water partition coefficient (Wildman–Crippen LogP) is 1.85. The molecule has 2 rings (SSSR count). The fourth-order valence-corrected chi connectivity index (χ4v) is 2.00. The molecule has 78 valence electrons. The van der Waals surface area contributed by atoms with E-state index >= 15 is 0 Å². The van der Waals surface area contributed by atoms with E-state index in [0.29, 0.717) is 0 Å². The highest BCUT2D eigenvalue weighted by Gasteiger charge is 2.08. The van der Waals surface area contributed by atoms with Gasteiger partial charge in [0.2, 0.25) is 0 Å². The molecule has 0 amide bonds. The van der Waals surface area contributed by atoms with E-state index in [9.17, 15) is 4.79 Å². The molecule has 0 aromatic carbocycles. The Morgan fingerprint density at radius 3 is 3.20 bits per heavy atom. The maximum atomic E-state index is 11.0. The van der Waals surface area contributed by atoms with Crippen molar-refractivity contribution < 1.29 is 9.53 Å². The van der Waals surface area contributed by atoms with Gasteiger partial charge in [-0.15, -0.1) is 11.3 Å². The fourth-order valence-electron chi connectivity index (χ4n) is 1.20. The van der Waals surface area contributed by atoms with Crippen molar-refractivity contribution in [2.75, 3.05) is 7.11 Å². The molecule has 2 heterocycles. The molecule has 0 saturated heterocycles. The van der Waals surface area contributed by atoms with Crippen LogP contribution in [0.4, 0.5) is 0 Å². The minimum atomic E-state index is -0.265. The number of hydrogen-bond acceptors (Lipinski definition) is 4. The first-order valence-corrected chi connectivity index (χ1v) is 5.32. The molecule has 0 bridgehead atoms. The van der Waals surface area contributed by atoms with Crippen molar-refractivity contribution in [2.45, 2.75) is 6.42 Å². The lowest BCUT2D eigenvalue weighted by Crippen LogP contribution is -2.04. The van der Waals surface area contributed by atoms with Crippen molar-refractivity contribution in [3.63, 3.8) is 0 Å². The van der Waals surface area contributed by atoms with Gasteiger partial charge in [-0.25, -0.2) is 4.98 Å². The van der Waals surface area contributed by atoms with Crippen molar-refractivity contribution in [1.82, 2.24) is 9.97 Å². The van der Waals surface area contributed by atoms with Crippen molar-refractivity contribution in [2.24, 2.45) is 0 Å². The molecule has 0 fully saturated rings. The third kappa shape index (κ3) is 2.24. The lowest BCUT2D eigenvalue weighted by molar-refractivity contribution is -0.139. The lowest BCUT2D eigenvalue weighted by Gasteiger charge is -1.94. The van der Waals surface area contributed by atoms with E-state index in [-0.39, 0.29) is 12.4 Å². The standard InChI is InChI=1S/C10H10N2O2S/c1-14-9(13)5-7-6-15-10(12-7)8-3-2-4-11-8/h2-4,6,11H,5H2,1H3. The molecule has 0 unspecified atom stereocenters. The van der Waals surface area contributed by atoms with Gasteiger partial charge in [-0.05, 0) is 12.1 Å². The maximum absolute atomic E-state index is 11.0. The Morgan fingerprint density at radius 1 is 1.67 bits per heavy atom. The number of nitrogens with one attached hydrogen (secondary N) is 1. The predicted molar refractivity (Wildman–Crippen MR) is 57.6 cm³/mol. The smallest absolute Gasteiger partial charge is 0.311 e. The normalized spacial score (nSPS) is 10.2. The minimum absolute atomic E-state index is 0.230. The summed E-state index contributed by atoms with van der Waals surface area (Å²) in [5.74, 6) is -0.265.